The van der Waals surface area contributed by atoms with E-state index in [1.807, 2.05) is 6.92 Å². The van der Waals surface area contributed by atoms with Crippen LogP contribution < -0.4 is 0 Å². The predicted octanol–water partition coefficient (Wildman–Crippen LogP) is 1.84. The minimum absolute atomic E-state index is 0.0709. The van der Waals surface area contributed by atoms with Crippen molar-refractivity contribution in [2.45, 2.75) is 43.6 Å². The van der Waals surface area contributed by atoms with Crippen LogP contribution in [-0.4, -0.2) is 48.9 Å². The quantitative estimate of drug-likeness (QED) is 0.829. The molecular weight excluding hydrogens is 335 g/mol. The number of carbonyl (C=O) groups excluding carboxylic acids is 1. The van der Waals surface area contributed by atoms with Gasteiger partial charge in [0.1, 0.15) is 16.3 Å². The fourth-order valence-corrected chi connectivity index (χ4v) is 4.76. The van der Waals surface area contributed by atoms with Crippen LogP contribution in [0.4, 0.5) is 4.39 Å². The zero-order chi connectivity index (χ0) is 17.5. The Balaban J connectivity index is 1.76. The van der Waals surface area contributed by atoms with Crippen LogP contribution in [0.2, 0.25) is 0 Å². The Labute approximate surface area is 141 Å². The largest absolute Gasteiger partial charge is 0.272 e. The van der Waals surface area contributed by atoms with Gasteiger partial charge in [0.15, 0.2) is 0 Å². The highest BCUT2D eigenvalue weighted by molar-refractivity contribution is 7.89. The number of aryl methyl sites for hydroxylation is 1. The molecule has 1 spiro atoms. The van der Waals surface area contributed by atoms with Crippen molar-refractivity contribution in [3.05, 3.63) is 29.6 Å². The smallest absolute Gasteiger partial charge is 0.249 e. The molecule has 2 saturated heterocycles. The molecule has 0 atom stereocenters. The number of halogens is 1. The molecule has 1 amide bonds. The van der Waals surface area contributed by atoms with E-state index >= 15 is 0 Å². The molecule has 2 aliphatic heterocycles. The van der Waals surface area contributed by atoms with Crippen LogP contribution in [-0.2, 0) is 19.7 Å². The second-order valence-electron chi connectivity index (χ2n) is 6.38. The number of piperidine rings is 1. The first-order valence-electron chi connectivity index (χ1n) is 8.03. The first-order valence-corrected chi connectivity index (χ1v) is 9.47. The molecule has 132 valence electrons. The van der Waals surface area contributed by atoms with E-state index in [0.717, 1.165) is 0 Å². The maximum atomic E-state index is 14.1. The first kappa shape index (κ1) is 17.3. The van der Waals surface area contributed by atoms with Crippen LogP contribution in [0.3, 0.4) is 0 Å². The molecule has 0 saturated carbocycles. The number of amides is 1. The number of hydrogen-bond donors (Lipinski definition) is 0. The van der Waals surface area contributed by atoms with Crippen molar-refractivity contribution in [1.82, 2.24) is 9.37 Å². The molecule has 24 heavy (non-hydrogen) atoms. The summed E-state index contributed by atoms with van der Waals surface area (Å²) in [6.45, 7) is 4.42. The Bertz CT molecular complexity index is 757. The lowest BCUT2D eigenvalue weighted by molar-refractivity contribution is -0.206. The van der Waals surface area contributed by atoms with Crippen LogP contribution in [0, 0.1) is 12.7 Å². The summed E-state index contributed by atoms with van der Waals surface area (Å²) in [5, 5.41) is 1.34. The van der Waals surface area contributed by atoms with Crippen LogP contribution in [0.25, 0.3) is 0 Å². The van der Waals surface area contributed by atoms with Gasteiger partial charge < -0.3 is 0 Å². The number of hydrogen-bond acceptors (Lipinski definition) is 4. The predicted molar refractivity (Wildman–Crippen MR) is 84.9 cm³/mol. The third-order valence-electron chi connectivity index (χ3n) is 4.68. The van der Waals surface area contributed by atoms with Crippen molar-refractivity contribution in [2.24, 2.45) is 0 Å². The third-order valence-corrected chi connectivity index (χ3v) is 6.61. The van der Waals surface area contributed by atoms with Crippen molar-refractivity contribution in [3.63, 3.8) is 0 Å². The average molecular weight is 356 g/mol. The van der Waals surface area contributed by atoms with Gasteiger partial charge in [-0.05, 0) is 44.4 Å². The van der Waals surface area contributed by atoms with Gasteiger partial charge >= 0.3 is 0 Å². The molecule has 2 heterocycles. The van der Waals surface area contributed by atoms with Crippen LogP contribution in [0.1, 0.15) is 31.7 Å². The van der Waals surface area contributed by atoms with Gasteiger partial charge in [0.05, 0.1) is 6.42 Å². The number of hydroxylamine groups is 2. The Morgan fingerprint density at radius 3 is 2.50 bits per heavy atom. The molecule has 0 unspecified atom stereocenters. The summed E-state index contributed by atoms with van der Waals surface area (Å²) in [7, 11) is -3.88. The number of sulfonamides is 1. The molecule has 2 fully saturated rings. The number of benzene rings is 1. The van der Waals surface area contributed by atoms with Crippen LogP contribution in [0.15, 0.2) is 23.1 Å². The summed E-state index contributed by atoms with van der Waals surface area (Å²) >= 11 is 0. The fourth-order valence-electron chi connectivity index (χ4n) is 3.28. The molecule has 0 aromatic heterocycles. The van der Waals surface area contributed by atoms with Gasteiger partial charge in [0.25, 0.3) is 0 Å². The van der Waals surface area contributed by atoms with Gasteiger partial charge in [-0.2, -0.15) is 4.31 Å². The second-order valence-corrected chi connectivity index (χ2v) is 8.28. The van der Waals surface area contributed by atoms with Crippen LogP contribution >= 0.6 is 0 Å². The van der Waals surface area contributed by atoms with E-state index in [-0.39, 0.29) is 30.3 Å². The lowest BCUT2D eigenvalue weighted by Crippen LogP contribution is -2.47. The van der Waals surface area contributed by atoms with Crippen molar-refractivity contribution in [2.75, 3.05) is 19.6 Å². The summed E-state index contributed by atoms with van der Waals surface area (Å²) in [6, 6.07) is 4.11. The molecule has 3 rings (SSSR count). The summed E-state index contributed by atoms with van der Waals surface area (Å²) in [6.07, 6.45) is 1.11. The van der Waals surface area contributed by atoms with Gasteiger partial charge in [-0.1, -0.05) is 6.07 Å². The highest BCUT2D eigenvalue weighted by atomic mass is 32.2. The molecule has 0 aliphatic carbocycles. The zero-order valence-electron chi connectivity index (χ0n) is 13.8. The molecule has 1 aromatic rings. The van der Waals surface area contributed by atoms with E-state index in [9.17, 15) is 17.6 Å². The van der Waals surface area contributed by atoms with Gasteiger partial charge in [-0.3, -0.25) is 9.63 Å². The molecule has 0 bridgehead atoms. The molecule has 0 N–H and O–H groups in total. The average Bonchev–Trinajstić information content (AvgIpc) is 2.83. The van der Waals surface area contributed by atoms with Crippen molar-refractivity contribution >= 4 is 15.9 Å². The van der Waals surface area contributed by atoms with Gasteiger partial charge in [0.2, 0.25) is 15.9 Å². The second kappa shape index (κ2) is 6.09. The Morgan fingerprint density at radius 1 is 1.29 bits per heavy atom. The van der Waals surface area contributed by atoms with E-state index < -0.39 is 21.4 Å². The zero-order valence-corrected chi connectivity index (χ0v) is 14.6. The first-order chi connectivity index (χ1) is 11.3. The Kier molecular flexibility index (Phi) is 4.39. The van der Waals surface area contributed by atoms with Crippen molar-refractivity contribution < 1.29 is 22.4 Å². The number of carbonyl (C=O) groups is 1. The Morgan fingerprint density at radius 2 is 1.96 bits per heavy atom. The topological polar surface area (TPSA) is 66.9 Å². The molecule has 0 radical (unpaired) electrons. The van der Waals surface area contributed by atoms with E-state index in [0.29, 0.717) is 24.9 Å². The normalized spacial score (nSPS) is 21.6. The Hall–Kier alpha value is -1.51. The molecular formula is C16H21FN2O4S. The molecule has 2 aliphatic rings. The number of nitrogens with zero attached hydrogens (tertiary/aromatic N) is 2. The lowest BCUT2D eigenvalue weighted by Gasteiger charge is -2.37. The molecule has 1 aromatic carbocycles. The summed E-state index contributed by atoms with van der Waals surface area (Å²) in [5.41, 5.74) is 0.0480. The van der Waals surface area contributed by atoms with Crippen LogP contribution in [0.5, 0.6) is 0 Å². The maximum Gasteiger partial charge on any atom is 0.249 e. The summed E-state index contributed by atoms with van der Waals surface area (Å²) < 4.78 is 40.7. The highest BCUT2D eigenvalue weighted by Gasteiger charge is 2.48. The van der Waals surface area contributed by atoms with Gasteiger partial charge in [0, 0.05) is 19.6 Å². The van der Waals surface area contributed by atoms with Crippen molar-refractivity contribution in [3.8, 4) is 0 Å². The van der Waals surface area contributed by atoms with E-state index in [4.69, 9.17) is 4.84 Å². The van der Waals surface area contributed by atoms with E-state index in [1.165, 1.54) is 21.5 Å². The highest BCUT2D eigenvalue weighted by Crippen LogP contribution is 2.37. The molecule has 8 heteroatoms. The minimum atomic E-state index is -3.88. The van der Waals surface area contributed by atoms with E-state index in [1.54, 1.807) is 13.0 Å². The molecule has 6 nitrogen and oxygen atoms in total. The summed E-state index contributed by atoms with van der Waals surface area (Å²) in [5.74, 6) is -0.807. The monoisotopic (exact) mass is 356 g/mol. The lowest BCUT2D eigenvalue weighted by atomic mass is 9.89. The third kappa shape index (κ3) is 2.94. The van der Waals surface area contributed by atoms with Gasteiger partial charge in [-0.15, -0.1) is 0 Å². The SMILES string of the molecule is CCN1OC2(CCN(S(=O)(=O)c3ccc(C)cc3F)CC2)CC1=O. The van der Waals surface area contributed by atoms with Gasteiger partial charge in [-0.25, -0.2) is 17.9 Å². The number of rotatable bonds is 3. The minimum Gasteiger partial charge on any atom is -0.272 e. The maximum absolute atomic E-state index is 14.1. The van der Waals surface area contributed by atoms with E-state index in [2.05, 4.69) is 0 Å². The fraction of sp³-hybridized carbons (Fsp3) is 0.562. The summed E-state index contributed by atoms with van der Waals surface area (Å²) in [4.78, 5) is 17.3. The van der Waals surface area contributed by atoms with Crippen molar-refractivity contribution in [1.29, 1.82) is 0 Å². The standard InChI is InChI=1S/C16H21FN2O4S/c1-3-19-15(20)11-16(23-19)6-8-18(9-7-16)24(21,22)14-5-4-12(2)10-13(14)17/h4-5,10H,3,6-9,11H2,1-2H3.